The van der Waals surface area contributed by atoms with Gasteiger partial charge in [0.15, 0.2) is 0 Å². The van der Waals surface area contributed by atoms with Crippen molar-refractivity contribution in [3.8, 4) is 0 Å². The van der Waals surface area contributed by atoms with Crippen LogP contribution in [-0.4, -0.2) is 5.91 Å². The first kappa shape index (κ1) is 24.2. The summed E-state index contributed by atoms with van der Waals surface area (Å²) in [6.07, 6.45) is 15.8. The summed E-state index contributed by atoms with van der Waals surface area (Å²) >= 11 is 2.25. The smallest absolute Gasteiger partial charge is 0.262 e. The Morgan fingerprint density at radius 1 is 1.10 bits per heavy atom. The van der Waals surface area contributed by atoms with Gasteiger partial charge in [-0.15, -0.1) is 0 Å². The predicted molar refractivity (Wildman–Crippen MR) is 137 cm³/mol. The normalized spacial score (nSPS) is 17.7. The second-order valence-electron chi connectivity index (χ2n) is 8.54. The third-order valence-corrected chi connectivity index (χ3v) is 6.03. The van der Waals surface area contributed by atoms with Gasteiger partial charge in [-0.1, -0.05) is 55.4 Å². The molecule has 0 aliphatic heterocycles. The molecule has 4 heteroatoms. The van der Waals surface area contributed by atoms with Crippen molar-refractivity contribution >= 4 is 34.2 Å². The van der Waals surface area contributed by atoms with Gasteiger partial charge in [-0.3, -0.25) is 15.6 Å². The lowest BCUT2D eigenvalue weighted by Gasteiger charge is -2.32. The second-order valence-corrected chi connectivity index (χ2v) is 9.79. The van der Waals surface area contributed by atoms with E-state index in [-0.39, 0.29) is 11.3 Å². The number of rotatable bonds is 7. The van der Waals surface area contributed by atoms with Gasteiger partial charge in [-0.25, -0.2) is 0 Å². The van der Waals surface area contributed by atoms with Crippen molar-refractivity contribution in [3.05, 3.63) is 86.6 Å². The molecule has 1 aromatic rings. The second kappa shape index (κ2) is 11.3. The third kappa shape index (κ3) is 7.98. The van der Waals surface area contributed by atoms with Crippen LogP contribution in [0.1, 0.15) is 53.9 Å². The fourth-order valence-corrected chi connectivity index (χ4v) is 3.95. The number of hydrogen-bond acceptors (Lipinski definition) is 2. The SMILES string of the molecule is CC1=C(/C=C/C(C)=C/C=C/C(C)=C/C(=O)NNc2ccc(I)cc2)C(C)(C)CCC1. The van der Waals surface area contributed by atoms with Crippen molar-refractivity contribution in [1.82, 2.24) is 5.43 Å². The van der Waals surface area contributed by atoms with E-state index in [1.165, 1.54) is 36.0 Å². The summed E-state index contributed by atoms with van der Waals surface area (Å²) in [5, 5.41) is 0. The molecule has 1 aliphatic rings. The van der Waals surface area contributed by atoms with E-state index in [2.05, 4.69) is 79.4 Å². The Bertz CT molecular complexity index is 899. The molecular formula is C26H33IN2O. The van der Waals surface area contributed by atoms with Gasteiger partial charge in [0.05, 0.1) is 5.69 Å². The van der Waals surface area contributed by atoms with Crippen molar-refractivity contribution < 1.29 is 4.79 Å². The van der Waals surface area contributed by atoms with E-state index in [4.69, 9.17) is 0 Å². The Kier molecular flexibility index (Phi) is 9.15. The number of halogens is 1. The number of carbonyl (C=O) groups is 1. The zero-order valence-electron chi connectivity index (χ0n) is 18.7. The molecule has 0 saturated carbocycles. The van der Waals surface area contributed by atoms with Crippen LogP contribution in [-0.2, 0) is 4.79 Å². The van der Waals surface area contributed by atoms with Crippen LogP contribution in [0.5, 0.6) is 0 Å². The lowest BCUT2D eigenvalue weighted by Crippen LogP contribution is -2.27. The maximum Gasteiger partial charge on any atom is 0.262 e. The summed E-state index contributed by atoms with van der Waals surface area (Å²) in [6.45, 7) is 10.9. The summed E-state index contributed by atoms with van der Waals surface area (Å²) in [4.78, 5) is 12.0. The van der Waals surface area contributed by atoms with Gasteiger partial charge in [0.2, 0.25) is 0 Å². The minimum atomic E-state index is -0.182. The summed E-state index contributed by atoms with van der Waals surface area (Å²) < 4.78 is 1.15. The highest BCUT2D eigenvalue weighted by Gasteiger charge is 2.26. The Balaban J connectivity index is 1.89. The van der Waals surface area contributed by atoms with Crippen LogP contribution in [0.4, 0.5) is 5.69 Å². The van der Waals surface area contributed by atoms with Crippen LogP contribution in [0, 0.1) is 8.99 Å². The first-order valence-corrected chi connectivity index (χ1v) is 11.5. The fraction of sp³-hybridized carbons (Fsp3) is 0.346. The largest absolute Gasteiger partial charge is 0.298 e. The molecule has 1 aliphatic carbocycles. The molecule has 2 N–H and O–H groups in total. The van der Waals surface area contributed by atoms with Crippen molar-refractivity contribution in [2.75, 3.05) is 5.43 Å². The van der Waals surface area contributed by atoms with E-state index in [1.54, 1.807) is 6.08 Å². The van der Waals surface area contributed by atoms with Crippen molar-refractivity contribution in [1.29, 1.82) is 0 Å². The molecule has 0 fully saturated rings. The Labute approximate surface area is 195 Å². The molecule has 3 nitrogen and oxygen atoms in total. The van der Waals surface area contributed by atoms with E-state index < -0.39 is 0 Å². The molecule has 1 amide bonds. The molecule has 0 radical (unpaired) electrons. The highest BCUT2D eigenvalue weighted by Crippen LogP contribution is 2.40. The summed E-state index contributed by atoms with van der Waals surface area (Å²) in [6, 6.07) is 7.81. The van der Waals surface area contributed by atoms with Crippen LogP contribution >= 0.6 is 22.6 Å². The summed E-state index contributed by atoms with van der Waals surface area (Å²) in [5.41, 5.74) is 11.8. The molecule has 2 rings (SSSR count). The molecule has 30 heavy (non-hydrogen) atoms. The zero-order valence-corrected chi connectivity index (χ0v) is 20.8. The molecule has 0 unspecified atom stereocenters. The van der Waals surface area contributed by atoms with Gasteiger partial charge in [0.1, 0.15) is 0 Å². The third-order valence-electron chi connectivity index (χ3n) is 5.31. The van der Waals surface area contributed by atoms with E-state index in [0.29, 0.717) is 0 Å². The number of carbonyl (C=O) groups excluding carboxylic acids is 1. The van der Waals surface area contributed by atoms with Crippen molar-refractivity contribution in [2.24, 2.45) is 5.41 Å². The molecule has 0 bridgehead atoms. The Hall–Kier alpha value is -2.08. The van der Waals surface area contributed by atoms with E-state index in [1.807, 2.05) is 43.3 Å². The van der Waals surface area contributed by atoms with Crippen molar-refractivity contribution in [3.63, 3.8) is 0 Å². The van der Waals surface area contributed by atoms with Crippen LogP contribution in [0.25, 0.3) is 0 Å². The van der Waals surface area contributed by atoms with E-state index in [9.17, 15) is 4.79 Å². The molecule has 0 aromatic heterocycles. The van der Waals surface area contributed by atoms with Crippen LogP contribution in [0.3, 0.4) is 0 Å². The minimum absolute atomic E-state index is 0.182. The molecule has 0 atom stereocenters. The number of hydrazine groups is 1. The minimum Gasteiger partial charge on any atom is -0.298 e. The molecule has 160 valence electrons. The molecular weight excluding hydrogens is 483 g/mol. The first-order chi connectivity index (χ1) is 14.2. The van der Waals surface area contributed by atoms with Crippen molar-refractivity contribution in [2.45, 2.75) is 53.9 Å². The highest BCUT2D eigenvalue weighted by molar-refractivity contribution is 14.1. The summed E-state index contributed by atoms with van der Waals surface area (Å²) in [5.74, 6) is -0.182. The Morgan fingerprint density at radius 2 is 1.80 bits per heavy atom. The average Bonchev–Trinajstić information content (AvgIpc) is 2.66. The van der Waals surface area contributed by atoms with Crippen LogP contribution in [0.2, 0.25) is 0 Å². The topological polar surface area (TPSA) is 41.1 Å². The van der Waals surface area contributed by atoms with Crippen LogP contribution in [0.15, 0.2) is 83.0 Å². The molecule has 1 aromatic carbocycles. The molecule has 0 saturated heterocycles. The maximum atomic E-state index is 12.0. The number of amides is 1. The molecule has 0 heterocycles. The monoisotopic (exact) mass is 516 g/mol. The number of nitrogens with one attached hydrogen (secondary N) is 2. The fourth-order valence-electron chi connectivity index (χ4n) is 3.59. The first-order valence-electron chi connectivity index (χ1n) is 10.4. The van der Waals surface area contributed by atoms with E-state index in [0.717, 1.165) is 14.8 Å². The zero-order chi connectivity index (χ0) is 22.1. The lowest BCUT2D eigenvalue weighted by molar-refractivity contribution is -0.116. The van der Waals surface area contributed by atoms with Gasteiger partial charge >= 0.3 is 0 Å². The highest BCUT2D eigenvalue weighted by atomic mass is 127. The number of allylic oxidation sites excluding steroid dienone is 9. The molecule has 0 spiro atoms. The predicted octanol–water partition coefficient (Wildman–Crippen LogP) is 7.27. The number of anilines is 1. The van der Waals surface area contributed by atoms with Crippen LogP contribution < -0.4 is 10.9 Å². The van der Waals surface area contributed by atoms with Gasteiger partial charge in [-0.05, 0) is 103 Å². The van der Waals surface area contributed by atoms with E-state index >= 15 is 0 Å². The quantitative estimate of drug-likeness (QED) is 0.173. The Morgan fingerprint density at radius 3 is 2.47 bits per heavy atom. The van der Waals surface area contributed by atoms with Gasteiger partial charge in [0, 0.05) is 9.65 Å². The van der Waals surface area contributed by atoms with Gasteiger partial charge in [-0.2, -0.15) is 0 Å². The standard InChI is InChI=1S/C26H33IN2O/c1-19(11-16-24-21(3)10-7-17-26(24,4)5)8-6-9-20(2)18-25(30)29-28-23-14-12-22(27)13-15-23/h6,8-9,11-16,18,28H,7,10,17H2,1-5H3,(H,29,30)/b9-6+,16-11+,19-8+,20-18+. The van der Waals surface area contributed by atoms with Gasteiger partial charge < -0.3 is 0 Å². The number of benzene rings is 1. The van der Waals surface area contributed by atoms with Gasteiger partial charge in [0.25, 0.3) is 5.91 Å². The maximum absolute atomic E-state index is 12.0. The number of hydrogen-bond donors (Lipinski definition) is 2. The lowest BCUT2D eigenvalue weighted by atomic mass is 9.72. The summed E-state index contributed by atoms with van der Waals surface area (Å²) in [7, 11) is 0. The average molecular weight is 516 g/mol.